The van der Waals surface area contributed by atoms with Crippen LogP contribution in [0.1, 0.15) is 41.1 Å². The summed E-state index contributed by atoms with van der Waals surface area (Å²) in [7, 11) is 1.67. The molecular weight excluding hydrogens is 326 g/mol. The maximum atomic E-state index is 11.5. The molecule has 0 bridgehead atoms. The van der Waals surface area contributed by atoms with Gasteiger partial charge < -0.3 is 9.84 Å². The Hall–Kier alpha value is -2.33. The number of aliphatic carboxylic acids is 1. The summed E-state index contributed by atoms with van der Waals surface area (Å²) < 4.78 is 5.30. The van der Waals surface area contributed by atoms with Gasteiger partial charge in [0.15, 0.2) is 0 Å². The lowest BCUT2D eigenvalue weighted by atomic mass is 9.90. The average Bonchev–Trinajstić information content (AvgIpc) is 2.62. The minimum Gasteiger partial charge on any atom is -0.497 e. The third-order valence-corrected chi connectivity index (χ3v) is 5.16. The number of piperidine rings is 1. The number of carboxylic acid groups (broad SMARTS) is 1. The third-order valence-electron chi connectivity index (χ3n) is 5.16. The zero-order chi connectivity index (χ0) is 18.7. The highest BCUT2D eigenvalue weighted by Gasteiger charge is 2.31. The number of hydrogen-bond donors (Lipinski definition) is 1. The molecule has 1 N–H and O–H groups in total. The Morgan fingerprint density at radius 1 is 1.12 bits per heavy atom. The largest absolute Gasteiger partial charge is 0.497 e. The summed E-state index contributed by atoms with van der Waals surface area (Å²) in [6.45, 7) is 5.71. The van der Waals surface area contributed by atoms with E-state index in [-0.39, 0.29) is 12.0 Å². The van der Waals surface area contributed by atoms with Crippen LogP contribution in [0.15, 0.2) is 42.5 Å². The van der Waals surface area contributed by atoms with Crippen molar-refractivity contribution in [2.75, 3.05) is 20.2 Å². The number of carbonyl (C=O) groups is 1. The number of benzene rings is 2. The fourth-order valence-corrected chi connectivity index (χ4v) is 4.01. The first-order valence-corrected chi connectivity index (χ1v) is 9.17. The quantitative estimate of drug-likeness (QED) is 0.875. The zero-order valence-electron chi connectivity index (χ0n) is 15.7. The van der Waals surface area contributed by atoms with Crippen molar-refractivity contribution in [1.29, 1.82) is 0 Å². The van der Waals surface area contributed by atoms with Crippen molar-refractivity contribution in [2.45, 2.75) is 32.7 Å². The van der Waals surface area contributed by atoms with Gasteiger partial charge >= 0.3 is 5.97 Å². The molecule has 2 aromatic rings. The number of ether oxygens (including phenoxy) is 1. The lowest BCUT2D eigenvalue weighted by molar-refractivity contribution is -0.143. The van der Waals surface area contributed by atoms with Gasteiger partial charge in [0.25, 0.3) is 0 Å². The van der Waals surface area contributed by atoms with Crippen molar-refractivity contribution in [3.63, 3.8) is 0 Å². The van der Waals surface area contributed by atoms with Crippen LogP contribution >= 0.6 is 0 Å². The predicted octanol–water partition coefficient (Wildman–Crippen LogP) is 4.20. The molecule has 4 heteroatoms. The molecule has 0 radical (unpaired) electrons. The first-order chi connectivity index (χ1) is 12.5. The van der Waals surface area contributed by atoms with E-state index in [0.29, 0.717) is 6.54 Å². The Labute approximate surface area is 155 Å². The lowest BCUT2D eigenvalue weighted by Gasteiger charge is -2.38. The number of rotatable bonds is 5. The second-order valence-corrected chi connectivity index (χ2v) is 7.27. The molecule has 4 nitrogen and oxygen atoms in total. The van der Waals surface area contributed by atoms with Crippen LogP contribution in [0.2, 0.25) is 0 Å². The average molecular weight is 353 g/mol. The maximum absolute atomic E-state index is 11.5. The van der Waals surface area contributed by atoms with Gasteiger partial charge in [-0.3, -0.25) is 9.69 Å². The molecule has 2 aromatic carbocycles. The Morgan fingerprint density at radius 3 is 2.35 bits per heavy atom. The molecule has 1 aliphatic rings. The molecule has 0 aromatic heterocycles. The number of aryl methyl sites for hydroxylation is 2. The maximum Gasteiger partial charge on any atom is 0.307 e. The molecular formula is C22H27NO3. The summed E-state index contributed by atoms with van der Waals surface area (Å²) in [6, 6.07) is 14.8. The zero-order valence-corrected chi connectivity index (χ0v) is 15.7. The Balaban J connectivity index is 2.01. The Bertz CT molecular complexity index is 749. The van der Waals surface area contributed by atoms with Gasteiger partial charge in [0.2, 0.25) is 0 Å². The molecule has 1 fully saturated rings. The van der Waals surface area contributed by atoms with Crippen LogP contribution in [0.5, 0.6) is 5.75 Å². The van der Waals surface area contributed by atoms with Gasteiger partial charge in [-0.1, -0.05) is 41.5 Å². The summed E-state index contributed by atoms with van der Waals surface area (Å²) >= 11 is 0. The van der Waals surface area contributed by atoms with Gasteiger partial charge in [-0.05, 0) is 56.5 Å². The van der Waals surface area contributed by atoms with E-state index in [1.54, 1.807) is 7.11 Å². The van der Waals surface area contributed by atoms with E-state index in [2.05, 4.69) is 49.1 Å². The van der Waals surface area contributed by atoms with E-state index < -0.39 is 5.97 Å². The van der Waals surface area contributed by atoms with Gasteiger partial charge in [0.1, 0.15) is 5.75 Å². The summed E-state index contributed by atoms with van der Waals surface area (Å²) in [5.41, 5.74) is 4.84. The van der Waals surface area contributed by atoms with Crippen molar-refractivity contribution in [1.82, 2.24) is 4.90 Å². The van der Waals surface area contributed by atoms with Crippen LogP contribution in [-0.2, 0) is 4.79 Å². The highest BCUT2D eigenvalue weighted by atomic mass is 16.5. The number of methoxy groups -OCH3 is 1. The van der Waals surface area contributed by atoms with Crippen LogP contribution in [0, 0.1) is 19.8 Å². The van der Waals surface area contributed by atoms with Gasteiger partial charge in [-0.25, -0.2) is 0 Å². The van der Waals surface area contributed by atoms with Crippen LogP contribution in [0.3, 0.4) is 0 Å². The molecule has 0 saturated carbocycles. The van der Waals surface area contributed by atoms with Crippen molar-refractivity contribution >= 4 is 5.97 Å². The molecule has 1 heterocycles. The third kappa shape index (κ3) is 4.07. The molecule has 0 amide bonds. The SMILES string of the molecule is COc1ccc(C(c2cc(C)cc(C)c2)N2CCCC(C(=O)O)C2)cc1. The Morgan fingerprint density at radius 2 is 1.77 bits per heavy atom. The van der Waals surface area contributed by atoms with Gasteiger partial charge in [0, 0.05) is 6.54 Å². The summed E-state index contributed by atoms with van der Waals surface area (Å²) in [5.74, 6) is -0.158. The molecule has 0 aliphatic carbocycles. The summed E-state index contributed by atoms with van der Waals surface area (Å²) in [4.78, 5) is 13.9. The van der Waals surface area contributed by atoms with E-state index in [0.717, 1.165) is 25.1 Å². The second kappa shape index (κ2) is 7.92. The molecule has 1 saturated heterocycles. The molecule has 1 aliphatic heterocycles. The van der Waals surface area contributed by atoms with Crippen molar-refractivity contribution in [3.05, 3.63) is 64.7 Å². The Kier molecular flexibility index (Phi) is 5.62. The number of nitrogens with zero attached hydrogens (tertiary/aromatic N) is 1. The van der Waals surface area contributed by atoms with E-state index >= 15 is 0 Å². The van der Waals surface area contributed by atoms with Crippen LogP contribution in [-0.4, -0.2) is 36.2 Å². The van der Waals surface area contributed by atoms with Crippen molar-refractivity contribution < 1.29 is 14.6 Å². The fourth-order valence-electron chi connectivity index (χ4n) is 4.01. The van der Waals surface area contributed by atoms with E-state index in [1.807, 2.05) is 12.1 Å². The highest BCUT2D eigenvalue weighted by Crippen LogP contribution is 2.34. The lowest BCUT2D eigenvalue weighted by Crippen LogP contribution is -2.41. The smallest absolute Gasteiger partial charge is 0.307 e. The van der Waals surface area contributed by atoms with Crippen molar-refractivity contribution in [3.8, 4) is 5.75 Å². The minimum atomic E-state index is -0.691. The first kappa shape index (κ1) is 18.5. The summed E-state index contributed by atoms with van der Waals surface area (Å²) in [5, 5.41) is 9.49. The monoisotopic (exact) mass is 353 g/mol. The summed E-state index contributed by atoms with van der Waals surface area (Å²) in [6.07, 6.45) is 1.67. The molecule has 26 heavy (non-hydrogen) atoms. The van der Waals surface area contributed by atoms with E-state index in [9.17, 15) is 9.90 Å². The standard InChI is InChI=1S/C22H27NO3/c1-15-11-16(2)13-19(12-15)21(17-6-8-20(26-3)9-7-17)23-10-4-5-18(14-23)22(24)25/h6-9,11-13,18,21H,4-5,10,14H2,1-3H3,(H,24,25). The molecule has 2 unspecified atom stereocenters. The number of likely N-dealkylation sites (tertiary alicyclic amines) is 1. The number of carboxylic acids is 1. The first-order valence-electron chi connectivity index (χ1n) is 9.17. The van der Waals surface area contributed by atoms with Gasteiger partial charge in [-0.2, -0.15) is 0 Å². The van der Waals surface area contributed by atoms with Gasteiger partial charge in [0.05, 0.1) is 19.1 Å². The number of hydrogen-bond acceptors (Lipinski definition) is 3. The minimum absolute atomic E-state index is 0.0571. The van der Waals surface area contributed by atoms with Crippen LogP contribution < -0.4 is 4.74 Å². The topological polar surface area (TPSA) is 49.8 Å². The molecule has 3 rings (SSSR count). The fraction of sp³-hybridized carbons (Fsp3) is 0.409. The second-order valence-electron chi connectivity index (χ2n) is 7.27. The molecule has 138 valence electrons. The molecule has 2 atom stereocenters. The van der Waals surface area contributed by atoms with Crippen LogP contribution in [0.25, 0.3) is 0 Å². The predicted molar refractivity (Wildman–Crippen MR) is 103 cm³/mol. The highest BCUT2D eigenvalue weighted by molar-refractivity contribution is 5.70. The van der Waals surface area contributed by atoms with Crippen molar-refractivity contribution in [2.24, 2.45) is 5.92 Å². The van der Waals surface area contributed by atoms with E-state index in [4.69, 9.17) is 4.74 Å². The van der Waals surface area contributed by atoms with Crippen LogP contribution in [0.4, 0.5) is 0 Å². The molecule has 0 spiro atoms. The normalized spacial score (nSPS) is 19.1. The van der Waals surface area contributed by atoms with E-state index in [1.165, 1.54) is 22.3 Å². The van der Waals surface area contributed by atoms with Gasteiger partial charge in [-0.15, -0.1) is 0 Å².